The minimum atomic E-state index is -4.35. The highest BCUT2D eigenvalue weighted by atomic mass is 32.2. The van der Waals surface area contributed by atoms with Crippen LogP contribution in [0.4, 0.5) is 13.2 Å². The predicted octanol–water partition coefficient (Wildman–Crippen LogP) is 6.12. The molecule has 0 saturated heterocycles. The Balaban J connectivity index is 1.32. The van der Waals surface area contributed by atoms with Crippen molar-refractivity contribution in [1.82, 2.24) is 19.9 Å². The molecular weight excluding hydrogens is 493 g/mol. The molecule has 0 atom stereocenters. The average Bonchev–Trinajstić information content (AvgIpc) is 3.25. The lowest BCUT2D eigenvalue weighted by Crippen LogP contribution is -2.16. The second-order valence-electron chi connectivity index (χ2n) is 8.61. The quantitative estimate of drug-likeness (QED) is 0.217. The first-order chi connectivity index (χ1) is 17.1. The molecule has 0 spiro atoms. The molecule has 5 rings (SSSR count). The molecule has 2 aromatic heterocycles. The summed E-state index contributed by atoms with van der Waals surface area (Å²) in [6.07, 6.45) is 1.62. The molecule has 7 nitrogen and oxygen atoms in total. The Morgan fingerprint density at radius 2 is 1.92 bits per heavy atom. The molecule has 0 amide bonds. The maximum absolute atomic E-state index is 12.5. The van der Waals surface area contributed by atoms with Gasteiger partial charge in [0, 0.05) is 23.1 Å². The van der Waals surface area contributed by atoms with Crippen LogP contribution in [-0.4, -0.2) is 31.4 Å². The van der Waals surface area contributed by atoms with Gasteiger partial charge in [0.25, 0.3) is 5.89 Å². The van der Waals surface area contributed by atoms with Crippen LogP contribution in [0.2, 0.25) is 0 Å². The lowest BCUT2D eigenvalue weighted by molar-refractivity contribution is -0.149. The fraction of sp³-hybridized carbons (Fsp3) is 0.280. The number of aromatic nitrogens is 4. The van der Waals surface area contributed by atoms with Crippen molar-refractivity contribution in [2.24, 2.45) is 0 Å². The van der Waals surface area contributed by atoms with Crippen LogP contribution in [0.1, 0.15) is 36.6 Å². The highest BCUT2D eigenvalue weighted by Gasteiger charge is 2.48. The second kappa shape index (κ2) is 9.12. The zero-order valence-corrected chi connectivity index (χ0v) is 20.2. The third-order valence-corrected chi connectivity index (χ3v) is 6.54. The van der Waals surface area contributed by atoms with Crippen LogP contribution in [0.5, 0.6) is 0 Å². The van der Waals surface area contributed by atoms with Gasteiger partial charge in [0.15, 0.2) is 5.69 Å². The standard InChI is InChI=1S/C25H21F3N4O3S/c1-15-12-21(23-29-22(31-35-23)18-6-8-20(9-7-18)36-25(26,27)28)30-32(15)14-17-4-3-5-19(13-17)24(10-11-24)34-16(2)33/h3-9,12-13H,10-11,14H2,1-2H3. The Morgan fingerprint density at radius 1 is 1.17 bits per heavy atom. The minimum absolute atomic E-state index is 0.0777. The summed E-state index contributed by atoms with van der Waals surface area (Å²) in [6.45, 7) is 3.83. The Labute approximate surface area is 208 Å². The summed E-state index contributed by atoms with van der Waals surface area (Å²) in [4.78, 5) is 15.9. The summed E-state index contributed by atoms with van der Waals surface area (Å²) in [7, 11) is 0. The van der Waals surface area contributed by atoms with E-state index < -0.39 is 11.1 Å². The van der Waals surface area contributed by atoms with Crippen molar-refractivity contribution >= 4 is 17.7 Å². The number of halogens is 3. The first-order valence-corrected chi connectivity index (χ1v) is 12.0. The first-order valence-electron chi connectivity index (χ1n) is 11.1. The smallest absolute Gasteiger partial charge is 0.446 e. The molecule has 1 aliphatic rings. The summed E-state index contributed by atoms with van der Waals surface area (Å²) < 4.78 is 50.4. The number of ether oxygens (including phenoxy) is 1. The second-order valence-corrected chi connectivity index (χ2v) is 9.75. The number of nitrogens with zero attached hydrogens (tertiary/aromatic N) is 4. The number of hydrogen-bond donors (Lipinski definition) is 0. The van der Waals surface area contributed by atoms with E-state index in [9.17, 15) is 18.0 Å². The molecule has 0 radical (unpaired) electrons. The van der Waals surface area contributed by atoms with Gasteiger partial charge in [-0.3, -0.25) is 9.48 Å². The molecule has 4 aromatic rings. The van der Waals surface area contributed by atoms with E-state index in [1.165, 1.54) is 31.2 Å². The summed E-state index contributed by atoms with van der Waals surface area (Å²) in [5.41, 5.74) is -0.981. The zero-order valence-electron chi connectivity index (χ0n) is 19.4. The van der Waals surface area contributed by atoms with Gasteiger partial charge in [-0.15, -0.1) is 0 Å². The Bertz CT molecular complexity index is 1410. The van der Waals surface area contributed by atoms with Crippen LogP contribution in [0.3, 0.4) is 0 Å². The molecule has 2 heterocycles. The Morgan fingerprint density at radius 3 is 2.58 bits per heavy atom. The summed E-state index contributed by atoms with van der Waals surface area (Å²) in [5.74, 6) is 0.176. The van der Waals surface area contributed by atoms with Gasteiger partial charge in [0.05, 0.1) is 6.54 Å². The van der Waals surface area contributed by atoms with E-state index in [1.807, 2.05) is 41.9 Å². The molecule has 0 bridgehead atoms. The van der Waals surface area contributed by atoms with Gasteiger partial charge in [-0.2, -0.15) is 23.3 Å². The molecule has 2 aromatic carbocycles. The lowest BCUT2D eigenvalue weighted by Gasteiger charge is -2.17. The largest absolute Gasteiger partial charge is 0.454 e. The highest BCUT2D eigenvalue weighted by molar-refractivity contribution is 8.00. The van der Waals surface area contributed by atoms with E-state index in [4.69, 9.17) is 9.26 Å². The van der Waals surface area contributed by atoms with Crippen LogP contribution in [0.15, 0.2) is 64.0 Å². The van der Waals surface area contributed by atoms with Crippen molar-refractivity contribution < 1.29 is 27.2 Å². The van der Waals surface area contributed by atoms with Crippen LogP contribution >= 0.6 is 11.8 Å². The molecule has 0 unspecified atom stereocenters. The normalized spacial score (nSPS) is 14.6. The Hall–Kier alpha value is -3.60. The van der Waals surface area contributed by atoms with Crippen LogP contribution < -0.4 is 0 Å². The van der Waals surface area contributed by atoms with Gasteiger partial charge in [0.1, 0.15) is 5.60 Å². The third kappa shape index (κ3) is 5.30. The van der Waals surface area contributed by atoms with Crippen molar-refractivity contribution in [2.45, 2.75) is 49.2 Å². The topological polar surface area (TPSA) is 83.0 Å². The molecule has 186 valence electrons. The van der Waals surface area contributed by atoms with E-state index in [-0.39, 0.29) is 34.3 Å². The molecule has 1 saturated carbocycles. The molecule has 1 aliphatic carbocycles. The molecule has 1 fully saturated rings. The van der Waals surface area contributed by atoms with E-state index in [1.54, 1.807) is 0 Å². The van der Waals surface area contributed by atoms with Crippen LogP contribution in [-0.2, 0) is 21.7 Å². The van der Waals surface area contributed by atoms with E-state index in [0.29, 0.717) is 17.8 Å². The minimum Gasteiger partial charge on any atom is -0.454 e. The van der Waals surface area contributed by atoms with Crippen molar-refractivity contribution in [3.8, 4) is 23.0 Å². The molecule has 0 N–H and O–H groups in total. The average molecular weight is 515 g/mol. The summed E-state index contributed by atoms with van der Waals surface area (Å²) >= 11 is -0.179. The molecule has 36 heavy (non-hydrogen) atoms. The summed E-state index contributed by atoms with van der Waals surface area (Å²) in [6, 6.07) is 15.5. The van der Waals surface area contributed by atoms with Crippen molar-refractivity contribution in [3.05, 3.63) is 71.4 Å². The van der Waals surface area contributed by atoms with Gasteiger partial charge in [0.2, 0.25) is 5.82 Å². The van der Waals surface area contributed by atoms with Gasteiger partial charge >= 0.3 is 11.5 Å². The number of benzene rings is 2. The first kappa shape index (κ1) is 24.1. The maximum Gasteiger partial charge on any atom is 0.446 e. The van der Waals surface area contributed by atoms with Gasteiger partial charge in [-0.25, -0.2) is 0 Å². The van der Waals surface area contributed by atoms with Gasteiger partial charge in [-0.05, 0) is 79.1 Å². The van der Waals surface area contributed by atoms with Crippen molar-refractivity contribution in [2.75, 3.05) is 0 Å². The fourth-order valence-electron chi connectivity index (χ4n) is 3.99. The number of aryl methyl sites for hydroxylation is 1. The number of carbonyl (C=O) groups is 1. The van der Waals surface area contributed by atoms with Gasteiger partial charge < -0.3 is 9.26 Å². The number of thioether (sulfide) groups is 1. The predicted molar refractivity (Wildman–Crippen MR) is 126 cm³/mol. The molecule has 0 aliphatic heterocycles. The monoisotopic (exact) mass is 514 g/mol. The molecular formula is C25H21F3N4O3S. The molecule has 11 heteroatoms. The third-order valence-electron chi connectivity index (χ3n) is 5.80. The van der Waals surface area contributed by atoms with Crippen molar-refractivity contribution in [3.63, 3.8) is 0 Å². The number of carbonyl (C=O) groups excluding carboxylic acids is 1. The van der Waals surface area contributed by atoms with E-state index in [0.717, 1.165) is 29.7 Å². The number of rotatable bonds is 7. The lowest BCUT2D eigenvalue weighted by atomic mass is 10.0. The number of alkyl halides is 3. The van der Waals surface area contributed by atoms with E-state index >= 15 is 0 Å². The number of esters is 1. The Kier molecular flexibility index (Phi) is 6.11. The van der Waals surface area contributed by atoms with Crippen molar-refractivity contribution in [1.29, 1.82) is 0 Å². The number of hydrogen-bond acceptors (Lipinski definition) is 7. The summed E-state index contributed by atoms with van der Waals surface area (Å²) in [5, 5.41) is 8.55. The maximum atomic E-state index is 12.5. The fourth-order valence-corrected chi connectivity index (χ4v) is 4.53. The van der Waals surface area contributed by atoms with Gasteiger partial charge in [-0.1, -0.05) is 23.4 Å². The highest BCUT2D eigenvalue weighted by Crippen LogP contribution is 2.49. The van der Waals surface area contributed by atoms with Crippen LogP contribution in [0, 0.1) is 6.92 Å². The SMILES string of the molecule is CC(=O)OC1(c2cccc(Cn3nc(-c4nc(-c5ccc(SC(F)(F)F)cc5)no4)cc3C)c2)CC1. The van der Waals surface area contributed by atoms with Crippen LogP contribution in [0.25, 0.3) is 23.0 Å². The zero-order chi connectivity index (χ0) is 25.5. The van der Waals surface area contributed by atoms with E-state index in [2.05, 4.69) is 15.2 Å².